The van der Waals surface area contributed by atoms with Crippen molar-refractivity contribution in [1.82, 2.24) is 9.13 Å². The molecule has 0 fully saturated rings. The lowest BCUT2D eigenvalue weighted by Crippen LogP contribution is -2.41. The minimum absolute atomic E-state index is 0.290. The molecular weight excluding hydrogens is 334 g/mol. The Bertz CT molecular complexity index is 910. The number of ether oxygens (including phenoxy) is 1. The Labute approximate surface area is 152 Å². The van der Waals surface area contributed by atoms with Crippen molar-refractivity contribution in [1.29, 1.82) is 0 Å². The van der Waals surface area contributed by atoms with Gasteiger partial charge in [0.25, 0.3) is 5.56 Å². The van der Waals surface area contributed by atoms with Gasteiger partial charge in [-0.3, -0.25) is 18.7 Å². The van der Waals surface area contributed by atoms with E-state index < -0.39 is 12.0 Å². The van der Waals surface area contributed by atoms with Crippen LogP contribution >= 0.6 is 0 Å². The van der Waals surface area contributed by atoms with Crippen LogP contribution in [0.5, 0.6) is 0 Å². The Morgan fingerprint density at radius 1 is 1.12 bits per heavy atom. The van der Waals surface area contributed by atoms with Crippen LogP contribution in [-0.2, 0) is 29.0 Å². The van der Waals surface area contributed by atoms with Crippen molar-refractivity contribution in [3.8, 4) is 11.1 Å². The Balaban J connectivity index is 2.48. The standard InChI is InChI=1S/C19H25N3O4/c1-5-21-12(3)16(17(23)22(6-2)19(21)25)14-9-7-13(8-10-14)11-15(20)18(24)26-4/h7-10,15H,5-6,11,20H2,1-4H3/t15-/m0/s1. The zero-order valence-corrected chi connectivity index (χ0v) is 15.6. The number of aromatic nitrogens is 2. The highest BCUT2D eigenvalue weighted by Crippen LogP contribution is 2.20. The molecule has 2 N–H and O–H groups in total. The van der Waals surface area contributed by atoms with Crippen LogP contribution in [0.3, 0.4) is 0 Å². The summed E-state index contributed by atoms with van der Waals surface area (Å²) in [7, 11) is 1.30. The van der Waals surface area contributed by atoms with Crippen molar-refractivity contribution in [2.45, 2.75) is 46.3 Å². The van der Waals surface area contributed by atoms with E-state index in [-0.39, 0.29) is 11.2 Å². The lowest BCUT2D eigenvalue weighted by Gasteiger charge is -2.16. The number of methoxy groups -OCH3 is 1. The fourth-order valence-corrected chi connectivity index (χ4v) is 3.08. The van der Waals surface area contributed by atoms with Crippen molar-refractivity contribution in [2.24, 2.45) is 5.73 Å². The fourth-order valence-electron chi connectivity index (χ4n) is 3.08. The van der Waals surface area contributed by atoms with Crippen molar-refractivity contribution >= 4 is 5.97 Å². The molecule has 0 amide bonds. The Morgan fingerprint density at radius 2 is 1.69 bits per heavy atom. The molecule has 1 atom stereocenters. The summed E-state index contributed by atoms with van der Waals surface area (Å²) >= 11 is 0. The summed E-state index contributed by atoms with van der Waals surface area (Å²) < 4.78 is 7.47. The second kappa shape index (κ2) is 8.14. The van der Waals surface area contributed by atoms with E-state index in [9.17, 15) is 14.4 Å². The van der Waals surface area contributed by atoms with Crippen molar-refractivity contribution in [2.75, 3.05) is 7.11 Å². The normalized spacial score (nSPS) is 12.0. The maximum Gasteiger partial charge on any atom is 0.331 e. The van der Waals surface area contributed by atoms with Gasteiger partial charge >= 0.3 is 11.7 Å². The number of benzene rings is 1. The molecule has 1 heterocycles. The summed E-state index contributed by atoms with van der Waals surface area (Å²) in [6, 6.07) is 6.55. The number of hydrogen-bond donors (Lipinski definition) is 1. The summed E-state index contributed by atoms with van der Waals surface area (Å²) in [4.78, 5) is 36.6. The smallest absolute Gasteiger partial charge is 0.331 e. The molecule has 7 heteroatoms. The van der Waals surface area contributed by atoms with Gasteiger partial charge in [-0.25, -0.2) is 4.79 Å². The van der Waals surface area contributed by atoms with Crippen molar-refractivity contribution < 1.29 is 9.53 Å². The van der Waals surface area contributed by atoms with E-state index >= 15 is 0 Å². The molecule has 0 aliphatic rings. The SMILES string of the molecule is CCn1c(C)c(-c2ccc(C[C@H](N)C(=O)OC)cc2)c(=O)n(CC)c1=O. The number of carbonyl (C=O) groups excluding carboxylic acids is 1. The van der Waals surface area contributed by atoms with Gasteiger partial charge in [-0.1, -0.05) is 24.3 Å². The first-order valence-corrected chi connectivity index (χ1v) is 8.62. The average molecular weight is 359 g/mol. The van der Waals surface area contributed by atoms with Crippen LogP contribution in [0.2, 0.25) is 0 Å². The van der Waals surface area contributed by atoms with E-state index in [1.54, 1.807) is 18.4 Å². The third-order valence-electron chi connectivity index (χ3n) is 4.52. The molecule has 7 nitrogen and oxygen atoms in total. The van der Waals surface area contributed by atoms with Crippen LogP contribution in [0.4, 0.5) is 0 Å². The second-order valence-corrected chi connectivity index (χ2v) is 6.07. The van der Waals surface area contributed by atoms with Gasteiger partial charge in [-0.15, -0.1) is 0 Å². The molecule has 0 aliphatic carbocycles. The van der Waals surface area contributed by atoms with Gasteiger partial charge in [0.1, 0.15) is 6.04 Å². The number of nitrogens with two attached hydrogens (primary N) is 1. The monoisotopic (exact) mass is 359 g/mol. The van der Waals surface area contributed by atoms with Crippen LogP contribution in [0, 0.1) is 6.92 Å². The topological polar surface area (TPSA) is 96.3 Å². The fraction of sp³-hybridized carbons (Fsp3) is 0.421. The van der Waals surface area contributed by atoms with E-state index in [0.29, 0.717) is 30.8 Å². The first-order chi connectivity index (χ1) is 12.3. The molecule has 0 bridgehead atoms. The Hall–Kier alpha value is -2.67. The molecule has 0 radical (unpaired) electrons. The molecule has 0 unspecified atom stereocenters. The average Bonchev–Trinajstić information content (AvgIpc) is 2.63. The lowest BCUT2D eigenvalue weighted by molar-refractivity contribution is -0.142. The summed E-state index contributed by atoms with van der Waals surface area (Å²) in [6.45, 7) is 6.24. The molecule has 2 rings (SSSR count). The zero-order valence-electron chi connectivity index (χ0n) is 15.6. The molecule has 0 saturated heterocycles. The van der Waals surface area contributed by atoms with E-state index in [1.807, 2.05) is 31.2 Å². The summed E-state index contributed by atoms with van der Waals surface area (Å²) in [5.41, 5.74) is 7.95. The predicted molar refractivity (Wildman–Crippen MR) is 100 cm³/mol. The maximum atomic E-state index is 12.8. The molecule has 140 valence electrons. The van der Waals surface area contributed by atoms with Gasteiger partial charge in [0, 0.05) is 18.8 Å². The van der Waals surface area contributed by atoms with Crippen LogP contribution in [0.15, 0.2) is 33.9 Å². The van der Waals surface area contributed by atoms with Crippen LogP contribution < -0.4 is 17.0 Å². The van der Waals surface area contributed by atoms with Gasteiger partial charge in [-0.05, 0) is 38.3 Å². The van der Waals surface area contributed by atoms with Crippen molar-refractivity contribution in [3.05, 3.63) is 56.4 Å². The molecule has 1 aromatic carbocycles. The van der Waals surface area contributed by atoms with Crippen LogP contribution in [0.25, 0.3) is 11.1 Å². The third-order valence-corrected chi connectivity index (χ3v) is 4.52. The molecule has 26 heavy (non-hydrogen) atoms. The van der Waals surface area contributed by atoms with E-state index in [2.05, 4.69) is 4.74 Å². The first kappa shape index (κ1) is 19.7. The molecular formula is C19H25N3O4. The maximum absolute atomic E-state index is 12.8. The summed E-state index contributed by atoms with van der Waals surface area (Å²) in [5.74, 6) is -0.467. The lowest BCUT2D eigenvalue weighted by atomic mass is 10.0. The summed E-state index contributed by atoms with van der Waals surface area (Å²) in [5, 5.41) is 0. The highest BCUT2D eigenvalue weighted by atomic mass is 16.5. The van der Waals surface area contributed by atoms with Gasteiger partial charge in [0.15, 0.2) is 0 Å². The Morgan fingerprint density at radius 3 is 2.19 bits per heavy atom. The third kappa shape index (κ3) is 3.62. The van der Waals surface area contributed by atoms with E-state index in [4.69, 9.17) is 5.73 Å². The van der Waals surface area contributed by atoms with Gasteiger partial charge in [0.05, 0.1) is 12.7 Å². The predicted octanol–water partition coefficient (Wildman–Crippen LogP) is 1.07. The highest BCUT2D eigenvalue weighted by Gasteiger charge is 2.17. The second-order valence-electron chi connectivity index (χ2n) is 6.07. The molecule has 0 spiro atoms. The molecule has 2 aromatic rings. The Kier molecular flexibility index (Phi) is 6.15. The summed E-state index contributed by atoms with van der Waals surface area (Å²) in [6.07, 6.45) is 0.347. The van der Waals surface area contributed by atoms with Gasteiger partial charge < -0.3 is 10.5 Å². The molecule has 0 saturated carbocycles. The van der Waals surface area contributed by atoms with E-state index in [0.717, 1.165) is 11.1 Å². The van der Waals surface area contributed by atoms with Gasteiger partial charge in [-0.2, -0.15) is 0 Å². The molecule has 0 aliphatic heterocycles. The van der Waals surface area contributed by atoms with Crippen LogP contribution in [0.1, 0.15) is 25.1 Å². The van der Waals surface area contributed by atoms with Crippen molar-refractivity contribution in [3.63, 3.8) is 0 Å². The first-order valence-electron chi connectivity index (χ1n) is 8.62. The minimum Gasteiger partial charge on any atom is -0.468 e. The number of rotatable bonds is 6. The van der Waals surface area contributed by atoms with Gasteiger partial charge in [0.2, 0.25) is 0 Å². The highest BCUT2D eigenvalue weighted by molar-refractivity contribution is 5.75. The number of nitrogens with zero attached hydrogens (tertiary/aromatic N) is 2. The minimum atomic E-state index is -0.730. The largest absolute Gasteiger partial charge is 0.468 e. The number of esters is 1. The van der Waals surface area contributed by atoms with Crippen LogP contribution in [-0.4, -0.2) is 28.3 Å². The van der Waals surface area contributed by atoms with E-state index in [1.165, 1.54) is 11.7 Å². The quantitative estimate of drug-likeness (QED) is 0.778. The number of carbonyl (C=O) groups is 1. The number of hydrogen-bond acceptors (Lipinski definition) is 5. The molecule has 1 aromatic heterocycles. The zero-order chi connectivity index (χ0) is 19.4.